The first kappa shape index (κ1) is 26.3. The number of para-hydroxylation sites is 1. The zero-order valence-corrected chi connectivity index (χ0v) is 23.2. The second-order valence-electron chi connectivity index (χ2n) is 12.0. The third kappa shape index (κ3) is 4.92. The molecular formula is C30H36N6O4. The van der Waals surface area contributed by atoms with Gasteiger partial charge in [-0.2, -0.15) is 0 Å². The lowest BCUT2D eigenvalue weighted by Crippen LogP contribution is -2.59. The Morgan fingerprint density at radius 3 is 2.45 bits per heavy atom. The van der Waals surface area contributed by atoms with Crippen molar-refractivity contribution in [1.29, 1.82) is 0 Å². The Morgan fingerprint density at radius 2 is 1.75 bits per heavy atom. The van der Waals surface area contributed by atoms with Gasteiger partial charge in [0.15, 0.2) is 0 Å². The average molecular weight is 545 g/mol. The first-order chi connectivity index (χ1) is 19.2. The van der Waals surface area contributed by atoms with Crippen LogP contribution in [0.4, 0.5) is 5.69 Å². The number of rotatable bonds is 5. The molecule has 3 aromatic rings. The zero-order chi connectivity index (χ0) is 28.0. The molecule has 0 aliphatic carbocycles. The summed E-state index contributed by atoms with van der Waals surface area (Å²) in [6.07, 6.45) is 2.42. The van der Waals surface area contributed by atoms with E-state index in [2.05, 4.69) is 20.2 Å². The number of pyridine rings is 1. The predicted molar refractivity (Wildman–Crippen MR) is 151 cm³/mol. The Kier molecular flexibility index (Phi) is 6.74. The molecular weight excluding hydrogens is 508 g/mol. The fourth-order valence-electron chi connectivity index (χ4n) is 6.11. The lowest BCUT2D eigenvalue weighted by atomic mass is 9.85. The first-order valence-corrected chi connectivity index (χ1v) is 14.0. The van der Waals surface area contributed by atoms with Crippen molar-refractivity contribution in [2.75, 3.05) is 44.3 Å². The van der Waals surface area contributed by atoms with Gasteiger partial charge >= 0.3 is 0 Å². The number of hydrogen-bond acceptors (Lipinski definition) is 6. The Hall–Kier alpha value is -3.92. The van der Waals surface area contributed by atoms with Gasteiger partial charge in [0, 0.05) is 49.0 Å². The molecule has 10 nitrogen and oxygen atoms in total. The van der Waals surface area contributed by atoms with Gasteiger partial charge in [-0.25, -0.2) is 0 Å². The lowest BCUT2D eigenvalue weighted by molar-refractivity contribution is -0.138. The maximum absolute atomic E-state index is 13.9. The number of amides is 3. The summed E-state index contributed by atoms with van der Waals surface area (Å²) < 4.78 is 5.45. The number of aromatic amines is 1. The monoisotopic (exact) mass is 544 g/mol. The summed E-state index contributed by atoms with van der Waals surface area (Å²) in [6.45, 7) is 9.70. The van der Waals surface area contributed by atoms with E-state index in [-0.39, 0.29) is 29.8 Å². The van der Waals surface area contributed by atoms with Crippen molar-refractivity contribution in [2.45, 2.75) is 45.3 Å². The molecule has 40 heavy (non-hydrogen) atoms. The number of likely N-dealkylation sites (tertiary alicyclic amines) is 2. The predicted octanol–water partition coefficient (Wildman–Crippen LogP) is 2.67. The van der Waals surface area contributed by atoms with E-state index >= 15 is 0 Å². The highest BCUT2D eigenvalue weighted by Gasteiger charge is 2.50. The second-order valence-corrected chi connectivity index (χ2v) is 12.0. The highest BCUT2D eigenvalue weighted by atomic mass is 16.5. The number of fused-ring (bicyclic) bond motifs is 3. The summed E-state index contributed by atoms with van der Waals surface area (Å²) in [6, 6.07) is 12.4. The molecule has 1 unspecified atom stereocenters. The van der Waals surface area contributed by atoms with Crippen LogP contribution in [-0.2, 0) is 9.53 Å². The molecule has 2 bridgehead atoms. The molecule has 0 radical (unpaired) electrons. The van der Waals surface area contributed by atoms with Gasteiger partial charge in [-0.3, -0.25) is 19.4 Å². The zero-order valence-electron chi connectivity index (χ0n) is 23.2. The van der Waals surface area contributed by atoms with Crippen LogP contribution in [0, 0.1) is 5.41 Å². The standard InChI is InChI=1S/C30H36N6O4/c1-30(2,3)26(33-27(37)24-14-19-6-4-5-7-23(19)32-24)29(39)36-18-21-15-22(36)17-35(21)28(38)25-16-20(8-9-31-25)34-10-12-40-13-11-34/h4-9,14,16,21-22,26,32H,10-13,15,17-18H2,1-3H3,(H,33,37)/t21?,22-,26+/m0/s1. The molecule has 0 spiro atoms. The molecule has 2 aromatic heterocycles. The number of ether oxygens (including phenoxy) is 1. The summed E-state index contributed by atoms with van der Waals surface area (Å²) in [4.78, 5) is 54.0. The van der Waals surface area contributed by atoms with Crippen molar-refractivity contribution in [2.24, 2.45) is 5.41 Å². The number of carbonyl (C=O) groups excluding carboxylic acids is 3. The molecule has 3 fully saturated rings. The van der Waals surface area contributed by atoms with Crippen LogP contribution in [0.5, 0.6) is 0 Å². The van der Waals surface area contributed by atoms with Crippen LogP contribution in [0.1, 0.15) is 48.2 Å². The van der Waals surface area contributed by atoms with Crippen molar-refractivity contribution in [3.05, 3.63) is 60.0 Å². The molecule has 5 heterocycles. The van der Waals surface area contributed by atoms with Crippen LogP contribution < -0.4 is 10.2 Å². The molecule has 2 N–H and O–H groups in total. The van der Waals surface area contributed by atoms with Crippen LogP contribution in [0.15, 0.2) is 48.7 Å². The molecule has 3 saturated heterocycles. The number of piperazine rings is 1. The Labute approximate surface area is 233 Å². The second kappa shape index (κ2) is 10.2. The van der Waals surface area contributed by atoms with Gasteiger partial charge in [0.1, 0.15) is 17.4 Å². The summed E-state index contributed by atoms with van der Waals surface area (Å²) in [5.74, 6) is -0.518. The van der Waals surface area contributed by atoms with E-state index in [0.717, 1.165) is 36.1 Å². The number of aromatic nitrogens is 2. The maximum atomic E-state index is 13.9. The molecule has 10 heteroatoms. The Morgan fingerprint density at radius 1 is 1.02 bits per heavy atom. The molecule has 3 aliphatic rings. The molecule has 1 aromatic carbocycles. The summed E-state index contributed by atoms with van der Waals surface area (Å²) in [5.41, 5.74) is 2.20. The summed E-state index contributed by atoms with van der Waals surface area (Å²) in [5, 5.41) is 3.94. The SMILES string of the molecule is CC(C)(C)[C@H](NC(=O)c1cc2ccccc2[nH]1)C(=O)N1CC2C[C@H]1CN2C(=O)c1cc(N2CCOCC2)ccn1. The summed E-state index contributed by atoms with van der Waals surface area (Å²) in [7, 11) is 0. The van der Waals surface area contributed by atoms with E-state index in [0.29, 0.717) is 37.7 Å². The third-order valence-electron chi connectivity index (χ3n) is 8.29. The number of nitrogens with one attached hydrogen (secondary N) is 2. The van der Waals surface area contributed by atoms with Gasteiger partial charge in [0.05, 0.1) is 25.3 Å². The lowest BCUT2D eigenvalue weighted by Gasteiger charge is -2.39. The van der Waals surface area contributed by atoms with Crippen molar-refractivity contribution in [1.82, 2.24) is 25.1 Å². The maximum Gasteiger partial charge on any atom is 0.272 e. The number of anilines is 1. The minimum atomic E-state index is -0.707. The number of nitrogens with zero attached hydrogens (tertiary/aromatic N) is 4. The average Bonchev–Trinajstić information content (AvgIpc) is 3.69. The number of H-pyrrole nitrogens is 1. The van der Waals surface area contributed by atoms with E-state index in [9.17, 15) is 14.4 Å². The van der Waals surface area contributed by atoms with E-state index in [1.54, 1.807) is 12.3 Å². The van der Waals surface area contributed by atoms with Crippen LogP contribution in [-0.4, -0.2) is 95.0 Å². The van der Waals surface area contributed by atoms with Gasteiger partial charge in [-0.15, -0.1) is 0 Å². The topological polar surface area (TPSA) is 111 Å². The van der Waals surface area contributed by atoms with Gasteiger partial charge in [-0.1, -0.05) is 39.0 Å². The van der Waals surface area contributed by atoms with E-state index in [4.69, 9.17) is 4.74 Å². The quantitative estimate of drug-likeness (QED) is 0.511. The van der Waals surface area contributed by atoms with E-state index < -0.39 is 11.5 Å². The smallest absolute Gasteiger partial charge is 0.272 e. The van der Waals surface area contributed by atoms with Crippen molar-refractivity contribution < 1.29 is 19.1 Å². The third-order valence-corrected chi connectivity index (χ3v) is 8.29. The molecule has 3 atom stereocenters. The van der Waals surface area contributed by atoms with Crippen molar-refractivity contribution >= 4 is 34.3 Å². The minimum Gasteiger partial charge on any atom is -0.378 e. The van der Waals surface area contributed by atoms with E-state index in [1.807, 2.05) is 67.0 Å². The Bertz CT molecular complexity index is 1410. The number of carbonyl (C=O) groups is 3. The number of hydrogen-bond donors (Lipinski definition) is 2. The van der Waals surface area contributed by atoms with Crippen LogP contribution in [0.2, 0.25) is 0 Å². The van der Waals surface area contributed by atoms with Gasteiger partial charge in [0.2, 0.25) is 5.91 Å². The fraction of sp³-hybridized carbons (Fsp3) is 0.467. The largest absolute Gasteiger partial charge is 0.378 e. The van der Waals surface area contributed by atoms with Gasteiger partial charge in [-0.05, 0) is 36.1 Å². The molecule has 3 aliphatic heterocycles. The van der Waals surface area contributed by atoms with Crippen molar-refractivity contribution in [3.63, 3.8) is 0 Å². The summed E-state index contributed by atoms with van der Waals surface area (Å²) >= 11 is 0. The van der Waals surface area contributed by atoms with Crippen LogP contribution >= 0.6 is 0 Å². The number of benzene rings is 1. The van der Waals surface area contributed by atoms with Crippen molar-refractivity contribution in [3.8, 4) is 0 Å². The van der Waals surface area contributed by atoms with Gasteiger partial charge < -0.3 is 29.7 Å². The highest BCUT2D eigenvalue weighted by Crippen LogP contribution is 2.34. The fourth-order valence-corrected chi connectivity index (χ4v) is 6.11. The minimum absolute atomic E-state index is 0.0691. The molecule has 210 valence electrons. The van der Waals surface area contributed by atoms with Crippen LogP contribution in [0.3, 0.4) is 0 Å². The van der Waals surface area contributed by atoms with Gasteiger partial charge in [0.25, 0.3) is 11.8 Å². The molecule has 3 amide bonds. The molecule has 0 saturated carbocycles. The Balaban J connectivity index is 1.13. The number of morpholine rings is 1. The van der Waals surface area contributed by atoms with Crippen LogP contribution in [0.25, 0.3) is 10.9 Å². The first-order valence-electron chi connectivity index (χ1n) is 14.0. The normalized spacial score (nSPS) is 21.6. The highest BCUT2D eigenvalue weighted by molar-refractivity contribution is 6.00. The molecule has 6 rings (SSSR count). The van der Waals surface area contributed by atoms with E-state index in [1.165, 1.54) is 0 Å².